The van der Waals surface area contributed by atoms with E-state index in [2.05, 4.69) is 0 Å². The van der Waals surface area contributed by atoms with E-state index in [4.69, 9.17) is 14.6 Å². The van der Waals surface area contributed by atoms with Gasteiger partial charge in [-0.2, -0.15) is 0 Å². The number of hydrogen-bond donors (Lipinski definition) is 1. The number of hydrogen-bond acceptors (Lipinski definition) is 3. The van der Waals surface area contributed by atoms with E-state index >= 15 is 0 Å². The summed E-state index contributed by atoms with van der Waals surface area (Å²) in [7, 11) is 1.55. The third-order valence-electron chi connectivity index (χ3n) is 1.97. The predicted molar refractivity (Wildman–Crippen MR) is 55.3 cm³/mol. The average Bonchev–Trinajstić information content (AvgIpc) is 2.25. The standard InChI is InChI=1S/C11H14O4/c1-3-10(11(12)13)15-9-6-4-5-8(7-9)14-2/h4-7,10H,3H2,1-2H3,(H,12,13)/t10-/m1/s1. The van der Waals surface area contributed by atoms with E-state index in [1.165, 1.54) is 0 Å². The molecule has 1 aromatic carbocycles. The van der Waals surface area contributed by atoms with Crippen LogP contribution in [0.4, 0.5) is 0 Å². The van der Waals surface area contributed by atoms with Gasteiger partial charge in [-0.3, -0.25) is 0 Å². The van der Waals surface area contributed by atoms with Crippen molar-refractivity contribution in [3.05, 3.63) is 24.3 Å². The van der Waals surface area contributed by atoms with Crippen LogP contribution in [0.15, 0.2) is 24.3 Å². The molecule has 0 aliphatic rings. The highest BCUT2D eigenvalue weighted by atomic mass is 16.5. The number of carboxylic acid groups (broad SMARTS) is 1. The molecule has 4 nitrogen and oxygen atoms in total. The van der Waals surface area contributed by atoms with Crippen LogP contribution < -0.4 is 9.47 Å². The summed E-state index contributed by atoms with van der Waals surface area (Å²) < 4.78 is 10.3. The van der Waals surface area contributed by atoms with Gasteiger partial charge in [0.15, 0.2) is 6.10 Å². The van der Waals surface area contributed by atoms with Crippen LogP contribution >= 0.6 is 0 Å². The van der Waals surface area contributed by atoms with E-state index in [0.717, 1.165) is 0 Å². The summed E-state index contributed by atoms with van der Waals surface area (Å²) in [4.78, 5) is 10.7. The molecule has 1 N–H and O–H groups in total. The molecule has 0 fully saturated rings. The number of carbonyl (C=O) groups is 1. The summed E-state index contributed by atoms with van der Waals surface area (Å²) in [5.74, 6) is 0.191. The van der Waals surface area contributed by atoms with Gasteiger partial charge in [-0.15, -0.1) is 0 Å². The number of methoxy groups -OCH3 is 1. The Morgan fingerprint density at radius 2 is 2.13 bits per heavy atom. The van der Waals surface area contributed by atoms with Crippen molar-refractivity contribution in [2.75, 3.05) is 7.11 Å². The molecule has 0 radical (unpaired) electrons. The maximum absolute atomic E-state index is 10.7. The lowest BCUT2D eigenvalue weighted by Crippen LogP contribution is -2.25. The van der Waals surface area contributed by atoms with E-state index in [9.17, 15) is 4.79 Å². The summed E-state index contributed by atoms with van der Waals surface area (Å²) in [5, 5.41) is 8.80. The Balaban J connectivity index is 2.74. The molecular weight excluding hydrogens is 196 g/mol. The van der Waals surface area contributed by atoms with Crippen LogP contribution in [0, 0.1) is 0 Å². The summed E-state index contributed by atoms with van der Waals surface area (Å²) in [5.41, 5.74) is 0. The minimum atomic E-state index is -0.958. The van der Waals surface area contributed by atoms with Crippen molar-refractivity contribution in [1.29, 1.82) is 0 Å². The zero-order chi connectivity index (χ0) is 11.3. The van der Waals surface area contributed by atoms with E-state index in [1.807, 2.05) is 0 Å². The van der Waals surface area contributed by atoms with Gasteiger partial charge >= 0.3 is 5.97 Å². The van der Waals surface area contributed by atoms with E-state index in [1.54, 1.807) is 38.3 Å². The first-order valence-electron chi connectivity index (χ1n) is 4.71. The average molecular weight is 210 g/mol. The molecule has 4 heteroatoms. The van der Waals surface area contributed by atoms with Crippen molar-refractivity contribution in [3.8, 4) is 11.5 Å². The monoisotopic (exact) mass is 210 g/mol. The van der Waals surface area contributed by atoms with Gasteiger partial charge in [0.1, 0.15) is 11.5 Å². The van der Waals surface area contributed by atoms with Crippen LogP contribution in [0.3, 0.4) is 0 Å². The first-order chi connectivity index (χ1) is 7.17. The van der Waals surface area contributed by atoms with E-state index in [0.29, 0.717) is 17.9 Å². The summed E-state index contributed by atoms with van der Waals surface area (Å²) in [6, 6.07) is 6.89. The maximum Gasteiger partial charge on any atom is 0.344 e. The number of ether oxygens (including phenoxy) is 2. The zero-order valence-electron chi connectivity index (χ0n) is 8.77. The Morgan fingerprint density at radius 1 is 1.47 bits per heavy atom. The van der Waals surface area contributed by atoms with E-state index < -0.39 is 12.1 Å². The number of carboxylic acids is 1. The molecule has 1 rings (SSSR count). The Bertz CT molecular complexity index is 335. The third kappa shape index (κ3) is 3.16. The molecule has 0 amide bonds. The second-order valence-corrected chi connectivity index (χ2v) is 3.03. The quantitative estimate of drug-likeness (QED) is 0.806. The first-order valence-corrected chi connectivity index (χ1v) is 4.71. The first kappa shape index (κ1) is 11.4. The molecule has 1 atom stereocenters. The van der Waals surface area contributed by atoms with Gasteiger partial charge in [0.05, 0.1) is 7.11 Å². The molecule has 0 aliphatic heterocycles. The number of benzene rings is 1. The fourth-order valence-electron chi connectivity index (χ4n) is 1.15. The van der Waals surface area contributed by atoms with E-state index in [-0.39, 0.29) is 0 Å². The minimum Gasteiger partial charge on any atom is -0.497 e. The molecule has 0 unspecified atom stereocenters. The van der Waals surface area contributed by atoms with Gasteiger partial charge in [0.2, 0.25) is 0 Å². The lowest BCUT2D eigenvalue weighted by molar-refractivity contribution is -0.145. The molecule has 0 saturated carbocycles. The Hall–Kier alpha value is -1.71. The molecule has 0 saturated heterocycles. The molecule has 0 aromatic heterocycles. The minimum absolute atomic E-state index is 0.423. The van der Waals surface area contributed by atoms with Crippen LogP contribution in [-0.2, 0) is 4.79 Å². The van der Waals surface area contributed by atoms with Crippen LogP contribution in [0.25, 0.3) is 0 Å². The van der Waals surface area contributed by atoms with Crippen molar-refractivity contribution in [2.24, 2.45) is 0 Å². The molecule has 0 spiro atoms. The van der Waals surface area contributed by atoms with Crippen LogP contribution in [0.1, 0.15) is 13.3 Å². The van der Waals surface area contributed by atoms with Crippen molar-refractivity contribution in [1.82, 2.24) is 0 Å². The summed E-state index contributed by atoms with van der Waals surface area (Å²) >= 11 is 0. The van der Waals surface area contributed by atoms with Crippen molar-refractivity contribution in [2.45, 2.75) is 19.4 Å². The fraction of sp³-hybridized carbons (Fsp3) is 0.364. The predicted octanol–water partition coefficient (Wildman–Crippen LogP) is 1.94. The van der Waals surface area contributed by atoms with Crippen LogP contribution in [-0.4, -0.2) is 24.3 Å². The van der Waals surface area contributed by atoms with Crippen LogP contribution in [0.5, 0.6) is 11.5 Å². The highest BCUT2D eigenvalue weighted by molar-refractivity contribution is 5.72. The highest BCUT2D eigenvalue weighted by Gasteiger charge is 2.16. The van der Waals surface area contributed by atoms with Crippen molar-refractivity contribution >= 4 is 5.97 Å². The molecule has 0 aliphatic carbocycles. The lowest BCUT2D eigenvalue weighted by atomic mass is 10.2. The maximum atomic E-state index is 10.7. The molecule has 15 heavy (non-hydrogen) atoms. The van der Waals surface area contributed by atoms with Crippen molar-refractivity contribution < 1.29 is 19.4 Å². The van der Waals surface area contributed by atoms with Gasteiger partial charge in [-0.1, -0.05) is 13.0 Å². The topological polar surface area (TPSA) is 55.8 Å². The zero-order valence-corrected chi connectivity index (χ0v) is 8.77. The van der Waals surface area contributed by atoms with Gasteiger partial charge in [0.25, 0.3) is 0 Å². The smallest absolute Gasteiger partial charge is 0.344 e. The number of aliphatic carboxylic acids is 1. The molecule has 0 bridgehead atoms. The molecule has 82 valence electrons. The molecular formula is C11H14O4. The van der Waals surface area contributed by atoms with Gasteiger partial charge in [0, 0.05) is 6.07 Å². The fourth-order valence-corrected chi connectivity index (χ4v) is 1.15. The van der Waals surface area contributed by atoms with Gasteiger partial charge in [-0.05, 0) is 18.6 Å². The second-order valence-electron chi connectivity index (χ2n) is 3.03. The van der Waals surface area contributed by atoms with Crippen LogP contribution in [0.2, 0.25) is 0 Å². The second kappa shape index (κ2) is 5.24. The third-order valence-corrected chi connectivity index (χ3v) is 1.97. The molecule has 0 heterocycles. The van der Waals surface area contributed by atoms with Gasteiger partial charge in [-0.25, -0.2) is 4.79 Å². The normalized spacial score (nSPS) is 11.9. The summed E-state index contributed by atoms with van der Waals surface area (Å²) in [6.45, 7) is 1.76. The summed E-state index contributed by atoms with van der Waals surface area (Å²) in [6.07, 6.45) is -0.385. The Labute approximate surface area is 88.4 Å². The largest absolute Gasteiger partial charge is 0.497 e. The lowest BCUT2D eigenvalue weighted by Gasteiger charge is -2.13. The van der Waals surface area contributed by atoms with Gasteiger partial charge < -0.3 is 14.6 Å². The molecule has 1 aromatic rings. The Morgan fingerprint density at radius 3 is 2.67 bits per heavy atom. The SMILES string of the molecule is CC[C@@H](Oc1cccc(OC)c1)C(=O)O. The van der Waals surface area contributed by atoms with Crippen molar-refractivity contribution in [3.63, 3.8) is 0 Å². The Kier molecular flexibility index (Phi) is 3.97. The number of rotatable bonds is 5. The highest BCUT2D eigenvalue weighted by Crippen LogP contribution is 2.20.